The van der Waals surface area contributed by atoms with Gasteiger partial charge in [-0.15, -0.1) is 0 Å². The smallest absolute Gasteiger partial charge is 0.126 e. The Morgan fingerprint density at radius 1 is 0.606 bits per heavy atom. The van der Waals surface area contributed by atoms with Gasteiger partial charge in [-0.05, 0) is 65.0 Å². The largest absolute Gasteiger partial charge is 0.262 e. The van der Waals surface area contributed by atoms with Crippen molar-refractivity contribution < 1.29 is 4.39 Å². The highest BCUT2D eigenvalue weighted by Gasteiger charge is 2.17. The second kappa shape index (κ2) is 11.6. The van der Waals surface area contributed by atoms with E-state index in [-0.39, 0.29) is 22.1 Å². The normalized spacial score (nSPS) is 11.6. The molecule has 0 atom stereocenters. The number of aryl methyl sites for hydroxylation is 2. The Morgan fingerprint density at radius 3 is 1.52 bits per heavy atom. The number of halogens is 1. The lowest BCUT2D eigenvalue weighted by Crippen LogP contribution is -2.12. The van der Waals surface area contributed by atoms with Crippen LogP contribution in [-0.4, -0.2) is 4.98 Å². The van der Waals surface area contributed by atoms with E-state index in [1.807, 2.05) is 46.0 Å². The van der Waals surface area contributed by atoms with Crippen molar-refractivity contribution in [2.24, 2.45) is 0 Å². The van der Waals surface area contributed by atoms with E-state index in [9.17, 15) is 4.39 Å². The summed E-state index contributed by atoms with van der Waals surface area (Å²) in [6.07, 6.45) is 1.87. The zero-order valence-electron chi connectivity index (χ0n) is 22.7. The van der Waals surface area contributed by atoms with Crippen molar-refractivity contribution in [3.05, 3.63) is 101 Å². The second-order valence-corrected chi connectivity index (χ2v) is 11.8. The monoisotopic (exact) mass is 449 g/mol. The van der Waals surface area contributed by atoms with E-state index in [0.29, 0.717) is 0 Å². The van der Waals surface area contributed by atoms with Gasteiger partial charge in [-0.1, -0.05) is 110 Å². The Hall–Kier alpha value is -2.48. The molecule has 0 spiro atoms. The number of benzene rings is 2. The van der Waals surface area contributed by atoms with Crippen LogP contribution in [0.1, 0.15) is 90.3 Å². The van der Waals surface area contributed by atoms with Gasteiger partial charge in [0.25, 0.3) is 0 Å². The topological polar surface area (TPSA) is 12.9 Å². The molecule has 2 heteroatoms. The van der Waals surface area contributed by atoms with Crippen LogP contribution in [0.25, 0.3) is 0 Å². The molecule has 0 aliphatic carbocycles. The summed E-state index contributed by atoms with van der Waals surface area (Å²) < 4.78 is 13.1. The first-order valence-corrected chi connectivity index (χ1v) is 11.8. The molecule has 0 saturated heterocycles. The van der Waals surface area contributed by atoms with Crippen LogP contribution in [0.15, 0.2) is 66.9 Å². The Kier molecular flexibility index (Phi) is 10.0. The quantitative estimate of drug-likeness (QED) is 0.333. The molecular formula is C31H44FN. The Balaban J connectivity index is 0.000000247. The van der Waals surface area contributed by atoms with E-state index < -0.39 is 0 Å². The maximum Gasteiger partial charge on any atom is 0.126 e. The van der Waals surface area contributed by atoms with E-state index in [1.165, 1.54) is 22.8 Å². The molecule has 1 heterocycles. The van der Waals surface area contributed by atoms with E-state index in [2.05, 4.69) is 89.8 Å². The zero-order valence-corrected chi connectivity index (χ0v) is 22.7. The molecule has 33 heavy (non-hydrogen) atoms. The molecule has 0 unspecified atom stereocenters. The Bertz CT molecular complexity index is 943. The predicted molar refractivity (Wildman–Crippen MR) is 143 cm³/mol. The summed E-state index contributed by atoms with van der Waals surface area (Å²) in [6.45, 7) is 23.5. The lowest BCUT2D eigenvalue weighted by molar-refractivity contribution is 0.523. The maximum atomic E-state index is 13.1. The minimum atomic E-state index is -0.111. The molecule has 0 saturated carbocycles. The summed E-state index contributed by atoms with van der Waals surface area (Å²) in [4.78, 5) is 4.15. The van der Waals surface area contributed by atoms with Crippen molar-refractivity contribution in [2.45, 2.75) is 92.4 Å². The maximum absolute atomic E-state index is 13.1. The van der Waals surface area contributed by atoms with Crippen LogP contribution in [0.4, 0.5) is 4.39 Å². The van der Waals surface area contributed by atoms with E-state index in [0.717, 1.165) is 11.3 Å². The minimum Gasteiger partial charge on any atom is -0.262 e. The summed E-state index contributed by atoms with van der Waals surface area (Å²) in [5.41, 5.74) is 6.42. The molecule has 0 aliphatic heterocycles. The highest BCUT2D eigenvalue weighted by atomic mass is 19.1. The predicted octanol–water partition coefficient (Wildman–Crippen LogP) is 9.10. The molecule has 0 radical (unpaired) electrons. The molecule has 3 rings (SSSR count). The molecule has 0 amide bonds. The highest BCUT2D eigenvalue weighted by Crippen LogP contribution is 2.24. The Morgan fingerprint density at radius 2 is 1.15 bits per heavy atom. The molecular weight excluding hydrogens is 405 g/mol. The van der Waals surface area contributed by atoms with Gasteiger partial charge in [0.2, 0.25) is 0 Å². The van der Waals surface area contributed by atoms with E-state index in [1.54, 1.807) is 6.07 Å². The lowest BCUT2D eigenvalue weighted by Gasteiger charge is -2.19. The lowest BCUT2D eigenvalue weighted by atomic mass is 9.86. The standard InChI is InChI=1S/C11H16.C10H13F.C10H15N/c1-9-6-5-7-10(8-9)11(2,3)4;1-10(2,3)8-6-4-5-7-9(8)11;1-8-7-9(5-6-11-8)10(2,3)4/h5-8H,1-4H3;4-7H,1-3H3;5-7H,1-4H3. The number of nitrogens with zero attached hydrogens (tertiary/aromatic N) is 1. The first-order valence-electron chi connectivity index (χ1n) is 11.8. The fraction of sp³-hybridized carbons (Fsp3) is 0.452. The molecule has 180 valence electrons. The third kappa shape index (κ3) is 10.3. The molecule has 0 fully saturated rings. The van der Waals surface area contributed by atoms with Crippen molar-refractivity contribution in [3.8, 4) is 0 Å². The number of pyridine rings is 1. The molecule has 2 aromatic carbocycles. The molecule has 3 aromatic rings. The van der Waals surface area contributed by atoms with E-state index >= 15 is 0 Å². The van der Waals surface area contributed by atoms with Gasteiger partial charge in [0.15, 0.2) is 0 Å². The first kappa shape index (κ1) is 28.6. The average Bonchev–Trinajstić information content (AvgIpc) is 2.67. The van der Waals surface area contributed by atoms with Gasteiger partial charge in [-0.2, -0.15) is 0 Å². The third-order valence-corrected chi connectivity index (χ3v) is 5.33. The Labute approximate surface area is 202 Å². The van der Waals surface area contributed by atoms with Gasteiger partial charge in [0.1, 0.15) is 5.82 Å². The number of rotatable bonds is 0. The van der Waals surface area contributed by atoms with Crippen LogP contribution in [0.2, 0.25) is 0 Å². The third-order valence-electron chi connectivity index (χ3n) is 5.33. The van der Waals surface area contributed by atoms with Gasteiger partial charge in [-0.25, -0.2) is 4.39 Å². The van der Waals surface area contributed by atoms with Gasteiger partial charge in [0, 0.05) is 11.9 Å². The minimum absolute atomic E-state index is 0.0919. The van der Waals surface area contributed by atoms with E-state index in [4.69, 9.17) is 0 Å². The molecule has 0 bridgehead atoms. The fourth-order valence-electron chi connectivity index (χ4n) is 3.19. The van der Waals surface area contributed by atoms with Crippen molar-refractivity contribution in [1.29, 1.82) is 0 Å². The summed E-state index contributed by atoms with van der Waals surface area (Å²) in [7, 11) is 0. The van der Waals surface area contributed by atoms with Gasteiger partial charge >= 0.3 is 0 Å². The van der Waals surface area contributed by atoms with Crippen molar-refractivity contribution in [1.82, 2.24) is 4.98 Å². The van der Waals surface area contributed by atoms with Gasteiger partial charge in [0.05, 0.1) is 0 Å². The van der Waals surface area contributed by atoms with Crippen LogP contribution in [0, 0.1) is 19.7 Å². The summed E-state index contributed by atoms with van der Waals surface area (Å²) in [5, 5.41) is 0. The summed E-state index contributed by atoms with van der Waals surface area (Å²) in [6, 6.07) is 19.8. The van der Waals surface area contributed by atoms with Crippen LogP contribution >= 0.6 is 0 Å². The van der Waals surface area contributed by atoms with Crippen molar-refractivity contribution in [2.75, 3.05) is 0 Å². The van der Waals surface area contributed by atoms with Crippen LogP contribution in [0.3, 0.4) is 0 Å². The molecule has 1 aromatic heterocycles. The van der Waals surface area contributed by atoms with Gasteiger partial charge < -0.3 is 0 Å². The van der Waals surface area contributed by atoms with Gasteiger partial charge in [-0.3, -0.25) is 4.98 Å². The zero-order chi connectivity index (χ0) is 25.4. The van der Waals surface area contributed by atoms with Crippen molar-refractivity contribution in [3.63, 3.8) is 0 Å². The number of aromatic nitrogens is 1. The summed E-state index contributed by atoms with van der Waals surface area (Å²) in [5.74, 6) is -0.111. The SMILES string of the molecule is CC(C)(C)c1ccccc1F.Cc1cc(C(C)(C)C)ccn1.Cc1cccc(C(C)(C)C)c1. The summed E-state index contributed by atoms with van der Waals surface area (Å²) >= 11 is 0. The number of hydrogen-bond donors (Lipinski definition) is 0. The fourth-order valence-corrected chi connectivity index (χ4v) is 3.19. The van der Waals surface area contributed by atoms with Crippen molar-refractivity contribution >= 4 is 0 Å². The number of hydrogen-bond acceptors (Lipinski definition) is 1. The molecule has 0 N–H and O–H groups in total. The molecule has 1 nitrogen and oxygen atoms in total. The average molecular weight is 450 g/mol. The molecule has 0 aliphatic rings. The van der Waals surface area contributed by atoms with Crippen LogP contribution in [0.5, 0.6) is 0 Å². The second-order valence-electron chi connectivity index (χ2n) is 11.8. The van der Waals surface area contributed by atoms with Crippen LogP contribution < -0.4 is 0 Å². The highest BCUT2D eigenvalue weighted by molar-refractivity contribution is 5.27. The van der Waals surface area contributed by atoms with Crippen LogP contribution in [-0.2, 0) is 16.2 Å². The first-order chi connectivity index (χ1) is 15.0.